The Labute approximate surface area is 104 Å². The molecule has 0 heterocycles. The van der Waals surface area contributed by atoms with E-state index in [9.17, 15) is 21.6 Å². The minimum atomic E-state index is -4.70. The van der Waals surface area contributed by atoms with Crippen molar-refractivity contribution in [3.8, 4) is 0 Å². The topological polar surface area (TPSA) is 52.6 Å². The van der Waals surface area contributed by atoms with Gasteiger partial charge in [-0.05, 0) is 0 Å². The average Bonchev–Trinajstić information content (AvgIpc) is 2.26. The fourth-order valence-electron chi connectivity index (χ4n) is 0.828. The van der Waals surface area contributed by atoms with Crippen molar-refractivity contribution in [2.24, 2.45) is 0 Å². The molecule has 0 N–H and O–H groups in total. The molecule has 1 rings (SSSR count). The average molecular weight is 384 g/mol. The van der Waals surface area contributed by atoms with E-state index in [0.29, 0.717) is 0 Å². The van der Waals surface area contributed by atoms with Gasteiger partial charge >= 0.3 is 104 Å². The SMILES string of the molecule is COS(=O)(=O)OI(c1ccccc1)C(F)(F)F. The van der Waals surface area contributed by atoms with Gasteiger partial charge in [-0.25, -0.2) is 0 Å². The maximum absolute atomic E-state index is 12.7. The third-order valence-electron chi connectivity index (χ3n) is 1.47. The molecule has 4 nitrogen and oxygen atoms in total. The predicted octanol–water partition coefficient (Wildman–Crippen LogP) is 2.71. The third kappa shape index (κ3) is 4.41. The summed E-state index contributed by atoms with van der Waals surface area (Å²) in [5, 5.41) is 0. The van der Waals surface area contributed by atoms with E-state index in [1.54, 1.807) is 0 Å². The van der Waals surface area contributed by atoms with E-state index in [1.165, 1.54) is 30.3 Å². The van der Waals surface area contributed by atoms with E-state index in [1.807, 2.05) is 0 Å². The van der Waals surface area contributed by atoms with Crippen molar-refractivity contribution in [2.45, 2.75) is 4.18 Å². The molecule has 1 aromatic rings. The van der Waals surface area contributed by atoms with Gasteiger partial charge < -0.3 is 0 Å². The summed E-state index contributed by atoms with van der Waals surface area (Å²) in [6.07, 6.45) is 0. The number of hydrogen-bond donors (Lipinski definition) is 0. The quantitative estimate of drug-likeness (QED) is 0.592. The van der Waals surface area contributed by atoms with Gasteiger partial charge in [0.1, 0.15) is 0 Å². The number of hydrogen-bond acceptors (Lipinski definition) is 4. The van der Waals surface area contributed by atoms with Gasteiger partial charge in [0.2, 0.25) is 0 Å². The van der Waals surface area contributed by atoms with Crippen LogP contribution in [0.15, 0.2) is 30.3 Å². The summed E-state index contributed by atoms with van der Waals surface area (Å²) in [6, 6.07) is 6.66. The summed E-state index contributed by atoms with van der Waals surface area (Å²) in [5.41, 5.74) is 0. The van der Waals surface area contributed by atoms with Gasteiger partial charge in [-0.15, -0.1) is 0 Å². The molecule has 0 aliphatic carbocycles. The van der Waals surface area contributed by atoms with Gasteiger partial charge in [-0.3, -0.25) is 0 Å². The molecule has 98 valence electrons. The Morgan fingerprint density at radius 2 is 1.71 bits per heavy atom. The fourth-order valence-corrected chi connectivity index (χ4v) is 5.95. The van der Waals surface area contributed by atoms with Gasteiger partial charge in [-0.1, -0.05) is 0 Å². The molecule has 0 saturated heterocycles. The molecule has 9 heteroatoms. The van der Waals surface area contributed by atoms with E-state index >= 15 is 0 Å². The van der Waals surface area contributed by atoms with Crippen LogP contribution in [0.25, 0.3) is 0 Å². The summed E-state index contributed by atoms with van der Waals surface area (Å²) in [4.78, 5) is 0. The molecule has 1 aromatic carbocycles. The summed E-state index contributed by atoms with van der Waals surface area (Å²) in [6.45, 7) is 0. The van der Waals surface area contributed by atoms with Crippen molar-refractivity contribution < 1.29 is 28.3 Å². The zero-order chi connectivity index (χ0) is 13.1. The molecule has 0 spiro atoms. The van der Waals surface area contributed by atoms with Gasteiger partial charge in [0.15, 0.2) is 0 Å². The first-order chi connectivity index (χ1) is 7.76. The van der Waals surface area contributed by atoms with E-state index in [2.05, 4.69) is 6.70 Å². The van der Waals surface area contributed by atoms with Crippen LogP contribution in [-0.4, -0.2) is 19.7 Å². The summed E-state index contributed by atoms with van der Waals surface area (Å²) >= 11 is -4.34. The van der Waals surface area contributed by atoms with E-state index < -0.39 is 34.8 Å². The van der Waals surface area contributed by atoms with Crippen molar-refractivity contribution >= 4 is 30.6 Å². The minimum absolute atomic E-state index is 0.162. The molecule has 0 fully saturated rings. The van der Waals surface area contributed by atoms with Crippen LogP contribution in [-0.2, 0) is 17.1 Å². The second kappa shape index (κ2) is 5.50. The zero-order valence-corrected chi connectivity index (χ0v) is 11.4. The molecule has 0 bridgehead atoms. The van der Waals surface area contributed by atoms with Gasteiger partial charge in [0.25, 0.3) is 0 Å². The Bertz CT molecular complexity index is 459. The molecule has 0 radical (unpaired) electrons. The van der Waals surface area contributed by atoms with Crippen LogP contribution in [0, 0.1) is 3.57 Å². The van der Waals surface area contributed by atoms with Crippen LogP contribution >= 0.6 is 20.2 Å². The third-order valence-corrected chi connectivity index (χ3v) is 7.52. The summed E-state index contributed by atoms with van der Waals surface area (Å²) in [7, 11) is -3.86. The van der Waals surface area contributed by atoms with E-state index in [4.69, 9.17) is 0 Å². The Balaban J connectivity index is 3.07. The van der Waals surface area contributed by atoms with Crippen molar-refractivity contribution in [1.29, 1.82) is 0 Å². The first-order valence-corrected chi connectivity index (χ1v) is 8.46. The Morgan fingerprint density at radius 1 is 1.18 bits per heavy atom. The Kier molecular flexibility index (Phi) is 4.75. The second-order valence-corrected chi connectivity index (χ2v) is 8.85. The molecule has 0 unspecified atom stereocenters. The predicted molar refractivity (Wildman–Crippen MR) is 62.2 cm³/mol. The van der Waals surface area contributed by atoms with Crippen LogP contribution < -0.4 is 0 Å². The van der Waals surface area contributed by atoms with E-state index in [-0.39, 0.29) is 3.57 Å². The monoisotopic (exact) mass is 384 g/mol. The van der Waals surface area contributed by atoms with Crippen LogP contribution in [0.3, 0.4) is 0 Å². The van der Waals surface area contributed by atoms with Crippen molar-refractivity contribution in [3.63, 3.8) is 0 Å². The summed E-state index contributed by atoms with van der Waals surface area (Å²) < 4.78 is 63.1. The molecule has 0 aliphatic rings. The normalized spacial score (nSPS) is 13.5. The van der Waals surface area contributed by atoms with Crippen LogP contribution in [0.2, 0.25) is 0 Å². The van der Waals surface area contributed by atoms with Crippen LogP contribution in [0.1, 0.15) is 0 Å². The van der Waals surface area contributed by atoms with Gasteiger partial charge in [0.05, 0.1) is 0 Å². The number of rotatable bonds is 4. The molecule has 0 amide bonds. The molecule has 0 saturated carbocycles. The number of alkyl halides is 4. The fraction of sp³-hybridized carbons (Fsp3) is 0.250. The van der Waals surface area contributed by atoms with E-state index in [0.717, 1.165) is 7.11 Å². The van der Waals surface area contributed by atoms with Crippen LogP contribution in [0.4, 0.5) is 13.2 Å². The first-order valence-electron chi connectivity index (χ1n) is 4.08. The molecule has 17 heavy (non-hydrogen) atoms. The molecule has 0 aliphatic heterocycles. The van der Waals surface area contributed by atoms with Crippen molar-refractivity contribution in [3.05, 3.63) is 33.9 Å². The zero-order valence-electron chi connectivity index (χ0n) is 8.44. The van der Waals surface area contributed by atoms with Crippen LogP contribution in [0.5, 0.6) is 0 Å². The molecule has 0 aromatic heterocycles. The standard InChI is InChI=1S/C8H8F3IO4S/c1-15-17(13,14)16-12(8(9,10)11)7-5-3-2-4-6-7/h2-6H,1H3. The Hall–Kier alpha value is -0.390. The molecule has 0 atom stereocenters. The Morgan fingerprint density at radius 3 is 2.12 bits per heavy atom. The van der Waals surface area contributed by atoms with Gasteiger partial charge in [0, 0.05) is 0 Å². The number of benzene rings is 1. The maximum atomic E-state index is 12.7. The van der Waals surface area contributed by atoms with Crippen molar-refractivity contribution in [2.75, 3.05) is 7.11 Å². The first kappa shape index (κ1) is 14.7. The van der Waals surface area contributed by atoms with Gasteiger partial charge in [-0.2, -0.15) is 0 Å². The second-order valence-electron chi connectivity index (χ2n) is 2.61. The summed E-state index contributed by atoms with van der Waals surface area (Å²) in [5.74, 6) is 0. The molecular formula is C8H8F3IO4S. The van der Waals surface area contributed by atoms with Crippen molar-refractivity contribution in [1.82, 2.24) is 0 Å². The number of halogens is 4. The molecular weight excluding hydrogens is 376 g/mol.